The van der Waals surface area contributed by atoms with E-state index in [9.17, 15) is 18.0 Å². The van der Waals surface area contributed by atoms with E-state index in [0.717, 1.165) is 23.6 Å². The van der Waals surface area contributed by atoms with Crippen molar-refractivity contribution in [3.8, 4) is 0 Å². The van der Waals surface area contributed by atoms with Gasteiger partial charge < -0.3 is 9.64 Å². The molecule has 1 aromatic heterocycles. The molecule has 0 radical (unpaired) electrons. The Labute approximate surface area is 225 Å². The third kappa shape index (κ3) is 5.86. The third-order valence-corrected chi connectivity index (χ3v) is 8.36. The van der Waals surface area contributed by atoms with Gasteiger partial charge in [-0.1, -0.05) is 36.5 Å². The highest BCUT2D eigenvalue weighted by Gasteiger charge is 2.30. The van der Waals surface area contributed by atoms with Crippen LogP contribution in [-0.2, 0) is 26.6 Å². The van der Waals surface area contributed by atoms with E-state index in [0.29, 0.717) is 36.1 Å². The van der Waals surface area contributed by atoms with Crippen molar-refractivity contribution >= 4 is 61.7 Å². The van der Waals surface area contributed by atoms with Gasteiger partial charge in [-0.15, -0.1) is 0 Å². The van der Waals surface area contributed by atoms with Gasteiger partial charge in [-0.3, -0.25) is 18.6 Å². The first kappa shape index (κ1) is 27.2. The van der Waals surface area contributed by atoms with Crippen molar-refractivity contribution in [1.29, 1.82) is 0 Å². The molecular formula is C25H28Cl2N4O5S. The number of halogens is 2. The summed E-state index contributed by atoms with van der Waals surface area (Å²) in [6.07, 6.45) is 3.40. The number of carbonyl (C=O) groups excluding carboxylic acids is 2. The lowest BCUT2D eigenvalue weighted by molar-refractivity contribution is -0.141. The molecule has 0 atom stereocenters. The van der Waals surface area contributed by atoms with Crippen LogP contribution in [0.3, 0.4) is 0 Å². The molecule has 2 aromatic carbocycles. The first-order chi connectivity index (χ1) is 17.6. The van der Waals surface area contributed by atoms with Gasteiger partial charge in [0.15, 0.2) is 5.69 Å². The van der Waals surface area contributed by atoms with E-state index in [1.165, 1.54) is 22.9 Å². The molecule has 9 nitrogen and oxygen atoms in total. The Hall–Kier alpha value is -2.82. The van der Waals surface area contributed by atoms with Crippen LogP contribution in [0.5, 0.6) is 0 Å². The van der Waals surface area contributed by atoms with Crippen LogP contribution in [0.1, 0.15) is 43.1 Å². The lowest BCUT2D eigenvalue weighted by Gasteiger charge is -2.24. The summed E-state index contributed by atoms with van der Waals surface area (Å²) in [7, 11) is -2.59. The predicted octanol–water partition coefficient (Wildman–Crippen LogP) is 4.65. The fourth-order valence-electron chi connectivity index (χ4n) is 4.24. The number of aryl methyl sites for hydroxylation is 1. The fourth-order valence-corrected chi connectivity index (χ4v) is 6.37. The molecule has 12 heteroatoms. The van der Waals surface area contributed by atoms with E-state index < -0.39 is 22.5 Å². The van der Waals surface area contributed by atoms with Crippen LogP contribution in [0.25, 0.3) is 10.9 Å². The summed E-state index contributed by atoms with van der Waals surface area (Å²) in [5, 5.41) is 5.30. The molecule has 0 saturated carbocycles. The number of fused-ring (bicyclic) bond motifs is 1. The lowest BCUT2D eigenvalue weighted by atomic mass is 10.1. The normalized spacial score (nSPS) is 13.8. The number of nitrogens with zero attached hydrogens (tertiary/aromatic N) is 4. The van der Waals surface area contributed by atoms with E-state index in [2.05, 4.69) is 5.10 Å². The first-order valence-corrected chi connectivity index (χ1v) is 14.2. The Morgan fingerprint density at radius 2 is 1.76 bits per heavy atom. The molecule has 1 saturated heterocycles. The molecule has 37 heavy (non-hydrogen) atoms. The number of hydrogen-bond donors (Lipinski definition) is 0. The van der Waals surface area contributed by atoms with Gasteiger partial charge in [0, 0.05) is 35.6 Å². The van der Waals surface area contributed by atoms with Crippen LogP contribution in [0.2, 0.25) is 10.0 Å². The Morgan fingerprint density at radius 3 is 2.41 bits per heavy atom. The number of likely N-dealkylation sites (tertiary alicyclic amines) is 1. The minimum absolute atomic E-state index is 0.142. The van der Waals surface area contributed by atoms with Crippen molar-refractivity contribution in [2.24, 2.45) is 7.05 Å². The van der Waals surface area contributed by atoms with E-state index in [1.807, 2.05) is 6.92 Å². The molecule has 0 aliphatic carbocycles. The minimum atomic E-state index is -4.27. The Kier molecular flexibility index (Phi) is 8.30. The lowest BCUT2D eigenvalue weighted by Crippen LogP contribution is -2.36. The molecule has 1 amide bonds. The SMILES string of the molecule is CCCCOC(=O)CN(c1ccc2c(C(=O)N3CCCC3)nn(C)c2c1)S(=O)(=O)c1cc(Cl)cc(Cl)c1. The van der Waals surface area contributed by atoms with Gasteiger partial charge in [0.05, 0.1) is 22.7 Å². The maximum Gasteiger partial charge on any atom is 0.326 e. The molecule has 0 bridgehead atoms. The van der Waals surface area contributed by atoms with E-state index in [1.54, 1.807) is 30.1 Å². The zero-order valence-corrected chi connectivity index (χ0v) is 22.9. The average molecular weight is 567 g/mol. The molecule has 3 aromatic rings. The number of aromatic nitrogens is 2. The number of benzene rings is 2. The molecular weight excluding hydrogens is 539 g/mol. The smallest absolute Gasteiger partial charge is 0.326 e. The minimum Gasteiger partial charge on any atom is -0.464 e. The highest BCUT2D eigenvalue weighted by Crippen LogP contribution is 2.31. The fraction of sp³-hybridized carbons (Fsp3) is 0.400. The maximum absolute atomic E-state index is 13.7. The van der Waals surface area contributed by atoms with Crippen molar-refractivity contribution in [3.63, 3.8) is 0 Å². The second kappa shape index (κ2) is 11.3. The Morgan fingerprint density at radius 1 is 1.08 bits per heavy atom. The van der Waals surface area contributed by atoms with Crippen molar-refractivity contribution in [2.75, 3.05) is 30.5 Å². The number of ether oxygens (including phenoxy) is 1. The molecule has 4 rings (SSSR count). The predicted molar refractivity (Wildman–Crippen MR) is 143 cm³/mol. The van der Waals surface area contributed by atoms with Crippen LogP contribution in [-0.4, -0.2) is 61.2 Å². The molecule has 2 heterocycles. The van der Waals surface area contributed by atoms with Crippen molar-refractivity contribution in [3.05, 3.63) is 52.1 Å². The Balaban J connectivity index is 1.76. The quantitative estimate of drug-likeness (QED) is 0.276. The Bertz CT molecular complexity index is 1410. The second-order valence-electron chi connectivity index (χ2n) is 8.86. The van der Waals surface area contributed by atoms with Gasteiger partial charge in [0.1, 0.15) is 6.54 Å². The summed E-state index contributed by atoms with van der Waals surface area (Å²) >= 11 is 12.2. The molecule has 1 fully saturated rings. The summed E-state index contributed by atoms with van der Waals surface area (Å²) < 4.78 is 35.2. The number of sulfonamides is 1. The van der Waals surface area contributed by atoms with Gasteiger partial charge in [0.25, 0.3) is 15.9 Å². The topological polar surface area (TPSA) is 102 Å². The van der Waals surface area contributed by atoms with E-state index in [-0.39, 0.29) is 33.1 Å². The number of unbranched alkanes of at least 4 members (excludes halogenated alkanes) is 1. The van der Waals surface area contributed by atoms with Crippen LogP contribution in [0.15, 0.2) is 41.3 Å². The van der Waals surface area contributed by atoms with Gasteiger partial charge in [-0.25, -0.2) is 8.42 Å². The van der Waals surface area contributed by atoms with Gasteiger partial charge >= 0.3 is 5.97 Å². The van der Waals surface area contributed by atoms with Crippen molar-refractivity contribution in [1.82, 2.24) is 14.7 Å². The standard InChI is InChI=1S/C25H28Cl2N4O5S/c1-3-4-11-36-23(32)16-31(37(34,35)20-13-17(26)12-18(27)14-20)19-7-8-21-22(15-19)29(2)28-24(21)25(33)30-9-5-6-10-30/h7-8,12-15H,3-6,9-11,16H2,1-2H3. The zero-order chi connectivity index (χ0) is 26.7. The van der Waals surface area contributed by atoms with Crippen LogP contribution in [0.4, 0.5) is 5.69 Å². The summed E-state index contributed by atoms with van der Waals surface area (Å²) in [5.41, 5.74) is 1.06. The number of hydrogen-bond acceptors (Lipinski definition) is 6. The summed E-state index contributed by atoms with van der Waals surface area (Å²) in [4.78, 5) is 27.3. The zero-order valence-electron chi connectivity index (χ0n) is 20.6. The van der Waals surface area contributed by atoms with Crippen LogP contribution >= 0.6 is 23.2 Å². The number of rotatable bonds is 9. The summed E-state index contributed by atoms with van der Waals surface area (Å²) in [6, 6.07) is 8.75. The van der Waals surface area contributed by atoms with Crippen molar-refractivity contribution < 1.29 is 22.7 Å². The molecule has 1 aliphatic heterocycles. The molecule has 198 valence electrons. The molecule has 0 N–H and O–H groups in total. The molecule has 0 spiro atoms. The summed E-state index contributed by atoms with van der Waals surface area (Å²) in [5.74, 6) is -0.853. The average Bonchev–Trinajstić information content (AvgIpc) is 3.50. The monoisotopic (exact) mass is 566 g/mol. The summed E-state index contributed by atoms with van der Waals surface area (Å²) in [6.45, 7) is 2.96. The largest absolute Gasteiger partial charge is 0.464 e. The third-order valence-electron chi connectivity index (χ3n) is 6.18. The second-order valence-corrected chi connectivity index (χ2v) is 11.6. The number of carbonyl (C=O) groups is 2. The number of amides is 1. The number of anilines is 1. The molecule has 0 unspecified atom stereocenters. The van der Waals surface area contributed by atoms with Gasteiger partial charge in [-0.05, 0) is 55.7 Å². The van der Waals surface area contributed by atoms with Crippen LogP contribution < -0.4 is 4.31 Å². The first-order valence-electron chi connectivity index (χ1n) is 12.0. The van der Waals surface area contributed by atoms with Gasteiger partial charge in [-0.2, -0.15) is 5.10 Å². The van der Waals surface area contributed by atoms with Gasteiger partial charge in [0.2, 0.25) is 0 Å². The van der Waals surface area contributed by atoms with E-state index in [4.69, 9.17) is 27.9 Å². The highest BCUT2D eigenvalue weighted by atomic mass is 35.5. The van der Waals surface area contributed by atoms with Crippen LogP contribution in [0, 0.1) is 0 Å². The van der Waals surface area contributed by atoms with Crippen molar-refractivity contribution in [2.45, 2.75) is 37.5 Å². The van der Waals surface area contributed by atoms with E-state index >= 15 is 0 Å². The highest BCUT2D eigenvalue weighted by molar-refractivity contribution is 7.92. The number of esters is 1. The maximum atomic E-state index is 13.7. The molecule has 1 aliphatic rings.